The molecule has 0 unspecified atom stereocenters. The molecule has 1 aromatic carbocycles. The molecule has 0 saturated heterocycles. The highest BCUT2D eigenvalue weighted by molar-refractivity contribution is 6.34. The van der Waals surface area contributed by atoms with Gasteiger partial charge in [-0.2, -0.15) is 5.10 Å². The number of halogens is 1. The van der Waals surface area contributed by atoms with Crippen molar-refractivity contribution >= 4 is 22.5 Å². The Morgan fingerprint density at radius 3 is 3.00 bits per heavy atom. The van der Waals surface area contributed by atoms with Crippen molar-refractivity contribution in [1.29, 1.82) is 0 Å². The third-order valence-electron chi connectivity index (χ3n) is 2.57. The summed E-state index contributed by atoms with van der Waals surface area (Å²) in [6.45, 7) is 5.25. The summed E-state index contributed by atoms with van der Waals surface area (Å²) in [6.07, 6.45) is 0.967. The number of nitrogens with zero attached hydrogens (tertiary/aromatic N) is 1. The van der Waals surface area contributed by atoms with E-state index in [0.29, 0.717) is 11.2 Å². The van der Waals surface area contributed by atoms with Crippen LogP contribution in [0.15, 0.2) is 18.2 Å². The van der Waals surface area contributed by atoms with Crippen molar-refractivity contribution < 1.29 is 0 Å². The van der Waals surface area contributed by atoms with E-state index in [2.05, 4.69) is 35.4 Å². The number of nitrogens with one attached hydrogen (secondary N) is 2. The van der Waals surface area contributed by atoms with Crippen LogP contribution < -0.4 is 5.32 Å². The standard InChI is InChI=1S/C12H16ClN3/c1-8(2)14-7-6-9-4-3-5-10-11(9)12(13)16-15-10/h3-5,8,14H,6-7H2,1-2H3,(H,15,16). The summed E-state index contributed by atoms with van der Waals surface area (Å²) in [6, 6.07) is 6.60. The maximum absolute atomic E-state index is 6.08. The van der Waals surface area contributed by atoms with Gasteiger partial charge in [0.25, 0.3) is 0 Å². The lowest BCUT2D eigenvalue weighted by atomic mass is 10.1. The molecule has 2 rings (SSSR count). The number of fused-ring (bicyclic) bond motifs is 1. The van der Waals surface area contributed by atoms with Crippen molar-refractivity contribution in [1.82, 2.24) is 15.5 Å². The Morgan fingerprint density at radius 2 is 2.25 bits per heavy atom. The maximum Gasteiger partial charge on any atom is 0.132 e. The summed E-state index contributed by atoms with van der Waals surface area (Å²) >= 11 is 6.08. The van der Waals surface area contributed by atoms with Crippen LogP contribution in [-0.2, 0) is 6.42 Å². The van der Waals surface area contributed by atoms with Crippen LogP contribution >= 0.6 is 11.6 Å². The lowest BCUT2D eigenvalue weighted by Crippen LogP contribution is -2.24. The van der Waals surface area contributed by atoms with E-state index in [1.807, 2.05) is 12.1 Å². The molecule has 86 valence electrons. The zero-order valence-electron chi connectivity index (χ0n) is 9.55. The van der Waals surface area contributed by atoms with E-state index in [4.69, 9.17) is 11.6 Å². The van der Waals surface area contributed by atoms with Gasteiger partial charge in [-0.05, 0) is 24.6 Å². The van der Waals surface area contributed by atoms with Crippen LogP contribution in [0.4, 0.5) is 0 Å². The van der Waals surface area contributed by atoms with Crippen LogP contribution in [0.25, 0.3) is 10.9 Å². The van der Waals surface area contributed by atoms with E-state index in [1.165, 1.54) is 5.56 Å². The van der Waals surface area contributed by atoms with Crippen LogP contribution in [0.1, 0.15) is 19.4 Å². The van der Waals surface area contributed by atoms with Gasteiger partial charge in [0.05, 0.1) is 5.52 Å². The van der Waals surface area contributed by atoms with Crippen molar-refractivity contribution in [2.24, 2.45) is 0 Å². The van der Waals surface area contributed by atoms with E-state index < -0.39 is 0 Å². The summed E-state index contributed by atoms with van der Waals surface area (Å²) in [7, 11) is 0. The smallest absolute Gasteiger partial charge is 0.132 e. The van der Waals surface area contributed by atoms with Crippen LogP contribution in [0.2, 0.25) is 5.15 Å². The number of aromatic nitrogens is 2. The Morgan fingerprint density at radius 1 is 1.44 bits per heavy atom. The number of hydrogen-bond acceptors (Lipinski definition) is 2. The van der Waals surface area contributed by atoms with Gasteiger partial charge >= 0.3 is 0 Å². The van der Waals surface area contributed by atoms with Gasteiger partial charge in [0.2, 0.25) is 0 Å². The number of benzene rings is 1. The van der Waals surface area contributed by atoms with E-state index in [-0.39, 0.29) is 0 Å². The predicted octanol–water partition coefficient (Wildman–Crippen LogP) is 2.76. The SMILES string of the molecule is CC(C)NCCc1cccc2n[nH]c(Cl)c12. The Kier molecular flexibility index (Phi) is 3.46. The minimum atomic E-state index is 0.513. The van der Waals surface area contributed by atoms with Crippen LogP contribution in [0, 0.1) is 0 Å². The fraction of sp³-hybridized carbons (Fsp3) is 0.417. The Labute approximate surface area is 100 Å². The van der Waals surface area contributed by atoms with Crippen molar-refractivity contribution in [3.8, 4) is 0 Å². The van der Waals surface area contributed by atoms with Gasteiger partial charge in [-0.15, -0.1) is 0 Å². The molecule has 1 aromatic heterocycles. The molecule has 0 aliphatic rings. The van der Waals surface area contributed by atoms with E-state index in [0.717, 1.165) is 23.9 Å². The molecule has 2 aromatic rings. The first-order valence-corrected chi connectivity index (χ1v) is 5.91. The lowest BCUT2D eigenvalue weighted by molar-refractivity contribution is 0.591. The molecule has 1 heterocycles. The highest BCUT2D eigenvalue weighted by Gasteiger charge is 2.07. The van der Waals surface area contributed by atoms with Crippen molar-refractivity contribution in [2.75, 3.05) is 6.54 Å². The topological polar surface area (TPSA) is 40.7 Å². The molecular weight excluding hydrogens is 222 g/mol. The Balaban J connectivity index is 2.20. The van der Waals surface area contributed by atoms with Gasteiger partial charge < -0.3 is 5.32 Å². The molecule has 0 saturated carbocycles. The van der Waals surface area contributed by atoms with Crippen molar-refractivity contribution in [3.63, 3.8) is 0 Å². The summed E-state index contributed by atoms with van der Waals surface area (Å²) in [5.74, 6) is 0. The zero-order chi connectivity index (χ0) is 11.5. The molecule has 16 heavy (non-hydrogen) atoms. The predicted molar refractivity (Wildman–Crippen MR) is 67.9 cm³/mol. The van der Waals surface area contributed by atoms with Gasteiger partial charge in [-0.1, -0.05) is 37.6 Å². The lowest BCUT2D eigenvalue weighted by Gasteiger charge is -2.08. The molecule has 0 amide bonds. The van der Waals surface area contributed by atoms with Gasteiger partial charge in [0.15, 0.2) is 0 Å². The third kappa shape index (κ3) is 2.36. The van der Waals surface area contributed by atoms with E-state index in [9.17, 15) is 0 Å². The van der Waals surface area contributed by atoms with Crippen LogP contribution in [-0.4, -0.2) is 22.8 Å². The van der Waals surface area contributed by atoms with Gasteiger partial charge in [0, 0.05) is 11.4 Å². The number of aromatic amines is 1. The third-order valence-corrected chi connectivity index (χ3v) is 2.84. The summed E-state index contributed by atoms with van der Waals surface area (Å²) in [4.78, 5) is 0. The minimum absolute atomic E-state index is 0.513. The molecule has 2 N–H and O–H groups in total. The average Bonchev–Trinajstić information content (AvgIpc) is 2.61. The molecule has 4 heteroatoms. The monoisotopic (exact) mass is 237 g/mol. The van der Waals surface area contributed by atoms with E-state index >= 15 is 0 Å². The van der Waals surface area contributed by atoms with Crippen LogP contribution in [0.3, 0.4) is 0 Å². The molecule has 0 aliphatic carbocycles. The molecule has 0 radical (unpaired) electrons. The molecule has 0 atom stereocenters. The number of rotatable bonds is 4. The maximum atomic E-state index is 6.08. The van der Waals surface area contributed by atoms with E-state index in [1.54, 1.807) is 0 Å². The second kappa shape index (κ2) is 4.85. The largest absolute Gasteiger partial charge is 0.314 e. The quantitative estimate of drug-likeness (QED) is 0.859. The first-order valence-electron chi connectivity index (χ1n) is 5.53. The molecule has 3 nitrogen and oxygen atoms in total. The molecule has 0 aliphatic heterocycles. The normalized spacial score (nSPS) is 11.5. The first kappa shape index (κ1) is 11.4. The summed E-state index contributed by atoms with van der Waals surface area (Å²) in [5.41, 5.74) is 2.18. The van der Waals surface area contributed by atoms with Gasteiger partial charge in [0.1, 0.15) is 5.15 Å². The number of H-pyrrole nitrogens is 1. The van der Waals surface area contributed by atoms with Crippen molar-refractivity contribution in [3.05, 3.63) is 28.9 Å². The second-order valence-electron chi connectivity index (χ2n) is 4.21. The minimum Gasteiger partial charge on any atom is -0.314 e. The Hall–Kier alpha value is -1.06. The summed E-state index contributed by atoms with van der Waals surface area (Å²) < 4.78 is 0. The number of hydrogen-bond donors (Lipinski definition) is 2. The highest BCUT2D eigenvalue weighted by Crippen LogP contribution is 2.24. The van der Waals surface area contributed by atoms with Crippen molar-refractivity contribution in [2.45, 2.75) is 26.3 Å². The average molecular weight is 238 g/mol. The zero-order valence-corrected chi connectivity index (χ0v) is 10.3. The fourth-order valence-electron chi connectivity index (χ4n) is 1.80. The molecule has 0 bridgehead atoms. The highest BCUT2D eigenvalue weighted by atomic mass is 35.5. The summed E-state index contributed by atoms with van der Waals surface area (Å²) in [5, 5.41) is 12.0. The molecule has 0 fully saturated rings. The fourth-order valence-corrected chi connectivity index (χ4v) is 2.06. The molecular formula is C12H16ClN3. The first-order chi connectivity index (χ1) is 7.68. The van der Waals surface area contributed by atoms with Gasteiger partial charge in [-0.25, -0.2) is 0 Å². The van der Waals surface area contributed by atoms with Gasteiger partial charge in [-0.3, -0.25) is 5.10 Å². The van der Waals surface area contributed by atoms with Crippen LogP contribution in [0.5, 0.6) is 0 Å². The second-order valence-corrected chi connectivity index (χ2v) is 4.59. The Bertz CT molecular complexity index is 476. The molecule has 0 spiro atoms.